The highest BCUT2D eigenvalue weighted by molar-refractivity contribution is 5.92. The highest BCUT2D eigenvalue weighted by atomic mass is 19.1. The van der Waals surface area contributed by atoms with Crippen molar-refractivity contribution in [3.8, 4) is 11.1 Å². The molecule has 0 radical (unpaired) electrons. The number of amides is 3. The second kappa shape index (κ2) is 11.9. The van der Waals surface area contributed by atoms with Gasteiger partial charge >= 0.3 is 6.09 Å². The molecule has 0 bridgehead atoms. The Balaban J connectivity index is 1.16. The molecule has 12 heteroatoms. The van der Waals surface area contributed by atoms with Gasteiger partial charge in [-0.25, -0.2) is 14.2 Å². The first-order valence-electron chi connectivity index (χ1n) is 12.8. The van der Waals surface area contributed by atoms with Crippen molar-refractivity contribution >= 4 is 29.8 Å². The lowest BCUT2D eigenvalue weighted by molar-refractivity contribution is -0.119. The first-order valence-corrected chi connectivity index (χ1v) is 12.8. The average Bonchev–Trinajstić information content (AvgIpc) is 3.36. The van der Waals surface area contributed by atoms with Crippen LogP contribution in [0.2, 0.25) is 0 Å². The Labute approximate surface area is 230 Å². The zero-order chi connectivity index (χ0) is 28.1. The predicted octanol–water partition coefficient (Wildman–Crippen LogP) is 2.54. The van der Waals surface area contributed by atoms with Crippen LogP contribution in [0.1, 0.15) is 23.0 Å². The fraction of sp³-hybridized carbons (Fsp3) is 0.286. The summed E-state index contributed by atoms with van der Waals surface area (Å²) in [5.74, 6) is -0.821. The number of cyclic esters (lactones) is 1. The van der Waals surface area contributed by atoms with Crippen LogP contribution in [0.15, 0.2) is 66.2 Å². The maximum atomic E-state index is 15.1. The van der Waals surface area contributed by atoms with Gasteiger partial charge in [-0.3, -0.25) is 24.5 Å². The number of carbonyl (C=O) groups is 3. The minimum Gasteiger partial charge on any atom is -0.442 e. The number of nitrogens with zero attached hydrogens (tertiary/aromatic N) is 6. The number of hydrogen-bond donors (Lipinski definition) is 1. The van der Waals surface area contributed by atoms with E-state index >= 15 is 4.39 Å². The molecule has 11 nitrogen and oxygen atoms in total. The zero-order valence-electron chi connectivity index (χ0n) is 21.9. The van der Waals surface area contributed by atoms with Gasteiger partial charge in [0.2, 0.25) is 5.91 Å². The molecule has 1 aromatic heterocycles. The standard InChI is InChI=1S/C28H28FN7O4/c1-19(37)32-16-23-18-36(28(39)40-23)22-6-7-24(25(29)14-22)21-4-2-20(3-5-21)15-33-35-12-10-34(11-13-35)27(38)26-17-30-8-9-31-26/h2-9,14-15,17,23H,10-13,16,18H2,1H3,(H,32,37)/t23-/m0/s1. The van der Waals surface area contributed by atoms with Gasteiger partial charge in [-0.1, -0.05) is 24.3 Å². The molecule has 2 fully saturated rings. The molecule has 1 N–H and O–H groups in total. The molecule has 0 spiro atoms. The fourth-order valence-corrected chi connectivity index (χ4v) is 4.49. The van der Waals surface area contributed by atoms with Crippen molar-refractivity contribution in [1.82, 2.24) is 25.2 Å². The van der Waals surface area contributed by atoms with Gasteiger partial charge in [0.1, 0.15) is 17.6 Å². The van der Waals surface area contributed by atoms with E-state index < -0.39 is 18.0 Å². The fourth-order valence-electron chi connectivity index (χ4n) is 4.49. The van der Waals surface area contributed by atoms with Crippen LogP contribution in [0.25, 0.3) is 11.1 Å². The summed E-state index contributed by atoms with van der Waals surface area (Å²) >= 11 is 0. The lowest BCUT2D eigenvalue weighted by Gasteiger charge is -2.32. The van der Waals surface area contributed by atoms with Crippen LogP contribution in [0.3, 0.4) is 0 Å². The molecule has 2 aliphatic rings. The van der Waals surface area contributed by atoms with Crippen LogP contribution in [-0.2, 0) is 9.53 Å². The van der Waals surface area contributed by atoms with E-state index in [1.807, 2.05) is 29.3 Å². The number of rotatable bonds is 7. The number of aromatic nitrogens is 2. The Kier molecular flexibility index (Phi) is 7.94. The Morgan fingerprint density at radius 2 is 1.90 bits per heavy atom. The summed E-state index contributed by atoms with van der Waals surface area (Å²) in [6.07, 6.45) is 5.16. The van der Waals surface area contributed by atoms with Crippen molar-refractivity contribution in [2.75, 3.05) is 44.2 Å². The SMILES string of the molecule is CC(=O)NC[C@H]1CN(c2ccc(-c3ccc(C=NN4CCN(C(=O)c5cnccn5)CC4)cc3)c(F)c2)C(=O)O1. The van der Waals surface area contributed by atoms with Crippen molar-refractivity contribution in [1.29, 1.82) is 0 Å². The maximum absolute atomic E-state index is 15.1. The van der Waals surface area contributed by atoms with Crippen molar-refractivity contribution < 1.29 is 23.5 Å². The molecular weight excluding hydrogens is 517 g/mol. The first-order chi connectivity index (χ1) is 19.4. The second-order valence-electron chi connectivity index (χ2n) is 9.42. The van der Waals surface area contributed by atoms with E-state index in [1.54, 1.807) is 23.2 Å². The molecule has 2 saturated heterocycles. The molecule has 2 aliphatic heterocycles. The van der Waals surface area contributed by atoms with E-state index in [-0.39, 0.29) is 24.9 Å². The summed E-state index contributed by atoms with van der Waals surface area (Å²) in [7, 11) is 0. The van der Waals surface area contributed by atoms with Crippen molar-refractivity contribution in [3.05, 3.63) is 78.1 Å². The zero-order valence-corrected chi connectivity index (χ0v) is 21.9. The minimum absolute atomic E-state index is 0.140. The minimum atomic E-state index is -0.579. The Bertz CT molecular complexity index is 1410. The van der Waals surface area contributed by atoms with E-state index in [2.05, 4.69) is 20.4 Å². The number of carbonyl (C=O) groups excluding carboxylic acids is 3. The molecule has 3 heterocycles. The number of piperazine rings is 1. The molecule has 3 aromatic rings. The van der Waals surface area contributed by atoms with E-state index in [4.69, 9.17) is 4.74 Å². The molecule has 1 atom stereocenters. The number of halogens is 1. The van der Waals surface area contributed by atoms with E-state index in [9.17, 15) is 14.4 Å². The Hall–Kier alpha value is -4.87. The third-order valence-corrected chi connectivity index (χ3v) is 6.63. The van der Waals surface area contributed by atoms with Crippen LogP contribution in [0.4, 0.5) is 14.9 Å². The molecule has 5 rings (SSSR count). The number of hydrazone groups is 1. The molecule has 0 unspecified atom stereocenters. The van der Waals surface area contributed by atoms with Gasteiger partial charge in [0.05, 0.1) is 44.3 Å². The van der Waals surface area contributed by atoms with Crippen LogP contribution >= 0.6 is 0 Å². The van der Waals surface area contributed by atoms with Gasteiger partial charge in [-0.15, -0.1) is 0 Å². The van der Waals surface area contributed by atoms with Crippen molar-refractivity contribution in [3.63, 3.8) is 0 Å². The quantitative estimate of drug-likeness (QED) is 0.453. The molecule has 0 saturated carbocycles. The largest absolute Gasteiger partial charge is 0.442 e. The number of ether oxygens (including phenoxy) is 1. The van der Waals surface area contributed by atoms with Crippen LogP contribution in [0.5, 0.6) is 0 Å². The molecular formula is C28H28FN7O4. The lowest BCUT2D eigenvalue weighted by atomic mass is 10.0. The van der Waals surface area contributed by atoms with Gasteiger partial charge in [0.15, 0.2) is 0 Å². The molecule has 0 aliphatic carbocycles. The summed E-state index contributed by atoms with van der Waals surface area (Å²) in [5.41, 5.74) is 2.66. The summed E-state index contributed by atoms with van der Waals surface area (Å²) in [5, 5.41) is 9.05. The summed E-state index contributed by atoms with van der Waals surface area (Å²) in [4.78, 5) is 47.0. The van der Waals surface area contributed by atoms with Gasteiger partial charge in [-0.05, 0) is 29.3 Å². The summed E-state index contributed by atoms with van der Waals surface area (Å²) in [6, 6.07) is 11.9. The summed E-state index contributed by atoms with van der Waals surface area (Å²) < 4.78 is 20.3. The maximum Gasteiger partial charge on any atom is 0.414 e. The van der Waals surface area contributed by atoms with Gasteiger partial charge in [0, 0.05) is 38.0 Å². The van der Waals surface area contributed by atoms with E-state index in [0.29, 0.717) is 48.7 Å². The highest BCUT2D eigenvalue weighted by Gasteiger charge is 2.32. The molecule has 206 valence electrons. The highest BCUT2D eigenvalue weighted by Crippen LogP contribution is 2.29. The average molecular weight is 546 g/mol. The van der Waals surface area contributed by atoms with Crippen LogP contribution in [-0.4, -0.2) is 89.4 Å². The van der Waals surface area contributed by atoms with Crippen LogP contribution < -0.4 is 10.2 Å². The van der Waals surface area contributed by atoms with Gasteiger partial charge in [0.25, 0.3) is 5.91 Å². The van der Waals surface area contributed by atoms with Crippen molar-refractivity contribution in [2.24, 2.45) is 5.10 Å². The van der Waals surface area contributed by atoms with Crippen LogP contribution in [0, 0.1) is 5.82 Å². The second-order valence-corrected chi connectivity index (χ2v) is 9.42. The third kappa shape index (κ3) is 6.22. The first kappa shape index (κ1) is 26.7. The Morgan fingerprint density at radius 1 is 1.12 bits per heavy atom. The molecule has 2 aromatic carbocycles. The lowest BCUT2D eigenvalue weighted by Crippen LogP contribution is -2.47. The third-order valence-electron chi connectivity index (χ3n) is 6.63. The topological polar surface area (TPSA) is 120 Å². The number of hydrogen-bond acceptors (Lipinski definition) is 8. The molecule has 40 heavy (non-hydrogen) atoms. The van der Waals surface area contributed by atoms with Crippen molar-refractivity contribution in [2.45, 2.75) is 13.0 Å². The number of nitrogens with one attached hydrogen (secondary N) is 1. The van der Waals surface area contributed by atoms with E-state index in [1.165, 1.54) is 36.5 Å². The predicted molar refractivity (Wildman–Crippen MR) is 145 cm³/mol. The smallest absolute Gasteiger partial charge is 0.414 e. The Morgan fingerprint density at radius 3 is 2.58 bits per heavy atom. The monoisotopic (exact) mass is 545 g/mol. The number of benzene rings is 2. The van der Waals surface area contributed by atoms with E-state index in [0.717, 1.165) is 5.56 Å². The summed E-state index contributed by atoms with van der Waals surface area (Å²) in [6.45, 7) is 4.07. The molecule has 3 amide bonds. The number of anilines is 1. The van der Waals surface area contributed by atoms with Gasteiger partial charge in [-0.2, -0.15) is 5.10 Å². The van der Waals surface area contributed by atoms with Gasteiger partial charge < -0.3 is 15.0 Å². The normalized spacial score (nSPS) is 17.3.